The Kier molecular flexibility index (Phi) is 11.2. The molecule has 0 heterocycles. The zero-order chi connectivity index (χ0) is 17.6. The number of rotatable bonds is 13. The first-order valence-corrected chi connectivity index (χ1v) is 11.3. The zero-order valence-corrected chi connectivity index (χ0v) is 16.8. The molecule has 0 saturated heterocycles. The molecule has 0 aliphatic rings. The number of esters is 1. The quantitative estimate of drug-likeness (QED) is 0.157. The molecule has 0 spiro atoms. The van der Waals surface area contributed by atoms with Gasteiger partial charge in [0, 0.05) is 0 Å². The van der Waals surface area contributed by atoms with Gasteiger partial charge in [-0.3, -0.25) is 0 Å². The van der Waals surface area contributed by atoms with Crippen molar-refractivity contribution in [2.75, 3.05) is 0 Å². The van der Waals surface area contributed by atoms with Crippen LogP contribution in [0.25, 0.3) is 0 Å². The van der Waals surface area contributed by atoms with Crippen molar-refractivity contribution in [1.82, 2.24) is 0 Å². The number of unbranched alkanes of at least 4 members (excludes halogenated alkanes) is 7. The molecule has 3 nitrogen and oxygen atoms in total. The van der Waals surface area contributed by atoms with E-state index in [0.717, 1.165) is 18.1 Å². The molecule has 0 fully saturated rings. The molecule has 1 unspecified atom stereocenters. The van der Waals surface area contributed by atoms with E-state index in [-0.39, 0.29) is 10.5 Å². The van der Waals surface area contributed by atoms with E-state index in [1.165, 1.54) is 45.4 Å². The molecule has 0 bridgehead atoms. The molecule has 132 valence electrons. The Bertz CT molecular complexity index is 525. The van der Waals surface area contributed by atoms with Gasteiger partial charge >= 0.3 is 152 Å². The van der Waals surface area contributed by atoms with Gasteiger partial charge in [0.1, 0.15) is 0 Å². The first kappa shape index (κ1) is 20.7. The molecule has 1 atom stereocenters. The third-order valence-electron chi connectivity index (χ3n) is 3.76. The molecule has 24 heavy (non-hydrogen) atoms. The maximum absolute atomic E-state index is 12.3. The molecule has 0 radical (unpaired) electrons. The number of ether oxygens (including phenoxy) is 1. The third-order valence-corrected chi connectivity index (χ3v) is 6.26. The van der Waals surface area contributed by atoms with E-state index in [0.29, 0.717) is 11.3 Å². The van der Waals surface area contributed by atoms with Gasteiger partial charge in [-0.1, -0.05) is 0 Å². The second-order valence-corrected chi connectivity index (χ2v) is 8.64. The van der Waals surface area contributed by atoms with Gasteiger partial charge in [0.25, 0.3) is 0 Å². The van der Waals surface area contributed by atoms with Crippen LogP contribution in [0.3, 0.4) is 0 Å². The van der Waals surface area contributed by atoms with Crippen LogP contribution in [-0.2, 0) is 4.79 Å². The van der Waals surface area contributed by atoms with Gasteiger partial charge in [-0.2, -0.15) is 0 Å². The summed E-state index contributed by atoms with van der Waals surface area (Å²) >= 11 is -0.678. The van der Waals surface area contributed by atoms with Crippen LogP contribution in [0, 0.1) is 0 Å². The molecule has 0 aromatic heterocycles. The summed E-state index contributed by atoms with van der Waals surface area (Å²) in [4.78, 5) is 23.4. The van der Waals surface area contributed by atoms with Crippen LogP contribution in [0.5, 0.6) is 5.75 Å². The molecule has 0 aliphatic carbocycles. The van der Waals surface area contributed by atoms with Crippen molar-refractivity contribution in [2.24, 2.45) is 0 Å². The molecule has 0 N–H and O–H groups in total. The van der Waals surface area contributed by atoms with Crippen LogP contribution in [0.4, 0.5) is 0 Å². The van der Waals surface area contributed by atoms with E-state index in [9.17, 15) is 9.59 Å². The van der Waals surface area contributed by atoms with Crippen molar-refractivity contribution in [3.63, 3.8) is 0 Å². The Morgan fingerprint density at radius 3 is 2.33 bits per heavy atom. The van der Waals surface area contributed by atoms with Crippen LogP contribution in [0.15, 0.2) is 36.9 Å². The Hall–Kier alpha value is -1.34. The second kappa shape index (κ2) is 13.0. The average molecular weight is 392 g/mol. The number of carbonyl (C=O) groups is 2. The summed E-state index contributed by atoms with van der Waals surface area (Å²) in [6.45, 7) is 5.09. The van der Waals surface area contributed by atoms with Gasteiger partial charge in [0.2, 0.25) is 0 Å². The summed E-state index contributed by atoms with van der Waals surface area (Å²) in [5, 5.41) is 1.02. The van der Waals surface area contributed by atoms with Crippen LogP contribution in [-0.4, -0.2) is 26.3 Å². The molecule has 1 aromatic rings. The van der Waals surface area contributed by atoms with E-state index in [4.69, 9.17) is 4.74 Å². The number of hydrogen-bond donors (Lipinski definition) is 0. The van der Waals surface area contributed by atoms with Crippen molar-refractivity contribution in [3.8, 4) is 5.75 Å². The first-order chi connectivity index (χ1) is 11.6. The Balaban J connectivity index is 2.18. The second-order valence-electron chi connectivity index (χ2n) is 5.90. The van der Waals surface area contributed by atoms with Crippen molar-refractivity contribution >= 4 is 26.3 Å². The molecule has 0 aliphatic heterocycles. The molecule has 0 saturated carbocycles. The number of benzene rings is 1. The summed E-state index contributed by atoms with van der Waals surface area (Å²) in [6, 6.07) is 7.05. The minimum atomic E-state index is -0.678. The van der Waals surface area contributed by atoms with Crippen LogP contribution < -0.4 is 4.74 Å². The number of carbonyl (C=O) groups excluding carboxylic acids is 2. The van der Waals surface area contributed by atoms with E-state index >= 15 is 0 Å². The number of para-hydroxylation sites is 1. The molecular weight excluding hydrogens is 363 g/mol. The number of allylic oxidation sites excluding steroid dienone is 1. The van der Waals surface area contributed by atoms with Crippen LogP contribution >= 0.6 is 0 Å². The first-order valence-electron chi connectivity index (χ1n) is 8.81. The summed E-state index contributed by atoms with van der Waals surface area (Å²) in [5.74, 6) is 0.0154. The molecule has 1 aromatic carbocycles. The van der Waals surface area contributed by atoms with E-state index < -0.39 is 15.8 Å². The van der Waals surface area contributed by atoms with Gasteiger partial charge in [-0.25, -0.2) is 0 Å². The van der Waals surface area contributed by atoms with Crippen molar-refractivity contribution < 1.29 is 14.3 Å². The standard InChI is InChI=1S/C20H29AsO3/c1-3-4-5-6-7-8-9-10-13-16-21-20(23)18-14-11-12-15-19(18)24-17(2)22/h3,11-12,14-15,21H,1,4-10,13,16H2,2H3. The Morgan fingerprint density at radius 2 is 1.67 bits per heavy atom. The summed E-state index contributed by atoms with van der Waals surface area (Å²) in [5.41, 5.74) is 0.565. The summed E-state index contributed by atoms with van der Waals surface area (Å²) in [6.07, 6.45) is 11.9. The molecule has 4 heteroatoms. The molecule has 0 amide bonds. The van der Waals surface area contributed by atoms with Gasteiger partial charge in [-0.05, 0) is 0 Å². The van der Waals surface area contributed by atoms with E-state index in [1.807, 2.05) is 12.1 Å². The normalized spacial score (nSPS) is 10.9. The van der Waals surface area contributed by atoms with Crippen molar-refractivity contribution in [1.29, 1.82) is 0 Å². The van der Waals surface area contributed by atoms with Gasteiger partial charge < -0.3 is 0 Å². The number of hydrogen-bond acceptors (Lipinski definition) is 3. The SMILES string of the molecule is C=CCCCCCCCCC[AsH]C(=O)c1ccccc1OC(C)=O. The third kappa shape index (κ3) is 9.08. The molecular formula is C20H29AsO3. The van der Waals surface area contributed by atoms with Crippen LogP contribution in [0.1, 0.15) is 68.6 Å². The maximum atomic E-state index is 12.3. The van der Waals surface area contributed by atoms with Crippen molar-refractivity contribution in [3.05, 3.63) is 42.5 Å². The topological polar surface area (TPSA) is 43.4 Å². The van der Waals surface area contributed by atoms with Gasteiger partial charge in [0.15, 0.2) is 0 Å². The Labute approximate surface area is 152 Å². The fraction of sp³-hybridized carbons (Fsp3) is 0.500. The minimum absolute atomic E-state index is 0.177. The fourth-order valence-corrected chi connectivity index (χ4v) is 4.70. The Morgan fingerprint density at radius 1 is 1.04 bits per heavy atom. The van der Waals surface area contributed by atoms with Crippen molar-refractivity contribution in [2.45, 2.75) is 63.5 Å². The average Bonchev–Trinajstić information content (AvgIpc) is 2.56. The van der Waals surface area contributed by atoms with Gasteiger partial charge in [0.05, 0.1) is 0 Å². The molecule has 1 rings (SSSR count). The monoisotopic (exact) mass is 392 g/mol. The predicted octanol–water partition coefficient (Wildman–Crippen LogP) is 4.91. The van der Waals surface area contributed by atoms with E-state index in [2.05, 4.69) is 6.58 Å². The van der Waals surface area contributed by atoms with Gasteiger partial charge in [-0.15, -0.1) is 0 Å². The summed E-state index contributed by atoms with van der Waals surface area (Å²) < 4.78 is 5.30. The van der Waals surface area contributed by atoms with E-state index in [1.54, 1.807) is 18.2 Å². The zero-order valence-electron chi connectivity index (χ0n) is 14.7. The van der Waals surface area contributed by atoms with Crippen LogP contribution in [0.2, 0.25) is 5.21 Å². The fourth-order valence-electron chi connectivity index (χ4n) is 2.49. The summed E-state index contributed by atoms with van der Waals surface area (Å²) in [7, 11) is 0. The predicted molar refractivity (Wildman–Crippen MR) is 101 cm³/mol.